The second-order valence-electron chi connectivity index (χ2n) is 12.2. The van der Waals surface area contributed by atoms with Crippen molar-refractivity contribution in [2.45, 2.75) is 64.6 Å². The van der Waals surface area contributed by atoms with Crippen LogP contribution in [-0.2, 0) is 25.6 Å². The standard InChI is InChI=1S/C33H49N5O8/c1-23-21-27-22-26(9-10-28(27)38(23)15-17-45-19-20-46-18-16-39)31(41)36-11-13-37(14-12-36)32(42)29(25-7-5-4-6-8-25)34-30(40)24(2)35(3)33(43)44/h9-10,21-22,24-25,29,39H,4-8,11-20H2,1-3H3,(H,34,40)(H,43,44)/t24-,29-/m0/s1. The van der Waals surface area contributed by atoms with Crippen molar-refractivity contribution < 1.29 is 38.9 Å². The Morgan fingerprint density at radius 1 is 0.957 bits per heavy atom. The van der Waals surface area contributed by atoms with E-state index in [1.807, 2.05) is 25.1 Å². The van der Waals surface area contributed by atoms with Crippen molar-refractivity contribution in [1.82, 2.24) is 24.6 Å². The minimum atomic E-state index is -1.21. The Labute approximate surface area is 270 Å². The molecule has 0 unspecified atom stereocenters. The highest BCUT2D eigenvalue weighted by molar-refractivity contribution is 5.98. The molecular formula is C33H49N5O8. The molecule has 2 fully saturated rings. The monoisotopic (exact) mass is 643 g/mol. The maximum atomic E-state index is 13.8. The first kappa shape index (κ1) is 35.2. The summed E-state index contributed by atoms with van der Waals surface area (Å²) in [5.74, 6) is -0.753. The molecule has 1 aromatic carbocycles. The number of rotatable bonds is 14. The van der Waals surface area contributed by atoms with E-state index in [9.17, 15) is 24.3 Å². The summed E-state index contributed by atoms with van der Waals surface area (Å²) in [6.07, 6.45) is 3.51. The number of aliphatic hydroxyl groups is 1. The lowest BCUT2D eigenvalue weighted by Gasteiger charge is -2.39. The number of carbonyl (C=O) groups is 4. The summed E-state index contributed by atoms with van der Waals surface area (Å²) in [6, 6.07) is 6.11. The molecule has 1 aliphatic heterocycles. The van der Waals surface area contributed by atoms with Gasteiger partial charge in [0.25, 0.3) is 5.91 Å². The molecule has 4 rings (SSSR count). The number of carboxylic acid groups (broad SMARTS) is 1. The van der Waals surface area contributed by atoms with Gasteiger partial charge in [0.2, 0.25) is 11.8 Å². The van der Waals surface area contributed by atoms with Gasteiger partial charge in [0, 0.05) is 61.9 Å². The Balaban J connectivity index is 1.35. The minimum Gasteiger partial charge on any atom is -0.465 e. The number of aliphatic hydroxyl groups excluding tert-OH is 1. The summed E-state index contributed by atoms with van der Waals surface area (Å²) in [5.41, 5.74) is 2.67. The molecule has 0 radical (unpaired) electrons. The maximum Gasteiger partial charge on any atom is 0.407 e. The zero-order valence-corrected chi connectivity index (χ0v) is 27.3. The normalized spacial score (nSPS) is 17.1. The third kappa shape index (κ3) is 8.77. The Morgan fingerprint density at radius 2 is 1.61 bits per heavy atom. The highest BCUT2D eigenvalue weighted by atomic mass is 16.5. The van der Waals surface area contributed by atoms with Crippen molar-refractivity contribution in [1.29, 1.82) is 0 Å². The van der Waals surface area contributed by atoms with E-state index in [1.54, 1.807) is 9.80 Å². The van der Waals surface area contributed by atoms with Crippen LogP contribution < -0.4 is 5.32 Å². The first-order chi connectivity index (χ1) is 22.1. The number of ether oxygens (including phenoxy) is 2. The largest absolute Gasteiger partial charge is 0.465 e. The average Bonchev–Trinajstić information content (AvgIpc) is 3.39. The van der Waals surface area contributed by atoms with Crippen LogP contribution in [-0.4, -0.2) is 132 Å². The SMILES string of the molecule is Cc1cc2cc(C(=O)N3CCN(C(=O)[C@@H](NC(=O)[C@H](C)N(C)C(=O)O)C4CCCCC4)CC3)ccc2n1CCOCCOCCO. The minimum absolute atomic E-state index is 0.00676. The second-order valence-corrected chi connectivity index (χ2v) is 12.2. The van der Waals surface area contributed by atoms with Crippen LogP contribution in [0.3, 0.4) is 0 Å². The van der Waals surface area contributed by atoms with Crippen LogP contribution >= 0.6 is 0 Å². The van der Waals surface area contributed by atoms with E-state index in [4.69, 9.17) is 14.6 Å². The van der Waals surface area contributed by atoms with Gasteiger partial charge >= 0.3 is 6.09 Å². The number of nitrogens with one attached hydrogen (secondary N) is 1. The number of piperazine rings is 1. The molecule has 1 aliphatic carbocycles. The van der Waals surface area contributed by atoms with Gasteiger partial charge in [-0.1, -0.05) is 19.3 Å². The number of carbonyl (C=O) groups excluding carboxylic acids is 3. The van der Waals surface area contributed by atoms with E-state index in [0.717, 1.165) is 53.6 Å². The van der Waals surface area contributed by atoms with E-state index >= 15 is 0 Å². The van der Waals surface area contributed by atoms with Crippen molar-refractivity contribution in [2.75, 3.05) is 66.3 Å². The van der Waals surface area contributed by atoms with E-state index in [2.05, 4.69) is 16.0 Å². The predicted molar refractivity (Wildman–Crippen MR) is 172 cm³/mol. The topological polar surface area (TPSA) is 154 Å². The molecule has 1 aromatic heterocycles. The highest BCUT2D eigenvalue weighted by Gasteiger charge is 2.37. The quantitative estimate of drug-likeness (QED) is 0.265. The molecule has 2 aliphatic rings. The molecule has 1 saturated carbocycles. The van der Waals surface area contributed by atoms with Crippen molar-refractivity contribution in [3.05, 3.63) is 35.5 Å². The Kier molecular flexibility index (Phi) is 12.8. The fourth-order valence-electron chi connectivity index (χ4n) is 6.35. The molecule has 3 N–H and O–H groups in total. The molecule has 0 bridgehead atoms. The van der Waals surface area contributed by atoms with E-state index < -0.39 is 24.1 Å². The summed E-state index contributed by atoms with van der Waals surface area (Å²) in [5, 5.41) is 21.9. The van der Waals surface area contributed by atoms with E-state index in [0.29, 0.717) is 64.7 Å². The zero-order chi connectivity index (χ0) is 33.2. The number of likely N-dealkylation sites (N-methyl/N-ethyl adjacent to an activating group) is 1. The molecule has 13 nitrogen and oxygen atoms in total. The fraction of sp³-hybridized carbons (Fsp3) is 0.636. The van der Waals surface area contributed by atoms with Crippen LogP contribution in [0.1, 0.15) is 55.1 Å². The van der Waals surface area contributed by atoms with Gasteiger partial charge in [-0.25, -0.2) is 4.79 Å². The van der Waals surface area contributed by atoms with Crippen LogP contribution in [0.5, 0.6) is 0 Å². The summed E-state index contributed by atoms with van der Waals surface area (Å²) >= 11 is 0. The van der Waals surface area contributed by atoms with Crippen molar-refractivity contribution in [3.63, 3.8) is 0 Å². The predicted octanol–water partition coefficient (Wildman–Crippen LogP) is 2.32. The summed E-state index contributed by atoms with van der Waals surface area (Å²) < 4.78 is 13.0. The van der Waals surface area contributed by atoms with E-state index in [1.165, 1.54) is 14.0 Å². The number of hydrogen-bond donors (Lipinski definition) is 3. The molecule has 4 amide bonds. The number of amides is 4. The summed E-state index contributed by atoms with van der Waals surface area (Å²) in [7, 11) is 1.34. The molecule has 1 saturated heterocycles. The molecule has 46 heavy (non-hydrogen) atoms. The zero-order valence-electron chi connectivity index (χ0n) is 27.3. The molecule has 0 spiro atoms. The van der Waals surface area contributed by atoms with Gasteiger partial charge in [0.05, 0.1) is 33.0 Å². The Bertz CT molecular complexity index is 1350. The summed E-state index contributed by atoms with van der Waals surface area (Å²) in [6.45, 7) is 7.37. The molecule has 13 heteroatoms. The van der Waals surface area contributed by atoms with Crippen LogP contribution in [0.15, 0.2) is 24.3 Å². The lowest BCUT2D eigenvalue weighted by atomic mass is 9.83. The third-order valence-corrected chi connectivity index (χ3v) is 9.25. The first-order valence-electron chi connectivity index (χ1n) is 16.3. The van der Waals surface area contributed by atoms with Crippen LogP contribution in [0.4, 0.5) is 4.79 Å². The van der Waals surface area contributed by atoms with Crippen LogP contribution in [0.25, 0.3) is 10.9 Å². The molecule has 2 aromatic rings. The van der Waals surface area contributed by atoms with Gasteiger partial charge in [0.15, 0.2) is 0 Å². The van der Waals surface area contributed by atoms with Gasteiger partial charge in [-0.05, 0) is 56.9 Å². The van der Waals surface area contributed by atoms with Crippen LogP contribution in [0.2, 0.25) is 0 Å². The lowest BCUT2D eigenvalue weighted by molar-refractivity contribution is -0.140. The van der Waals surface area contributed by atoms with Crippen molar-refractivity contribution in [3.8, 4) is 0 Å². The molecule has 2 atom stereocenters. The number of benzene rings is 1. The number of aromatic nitrogens is 1. The van der Waals surface area contributed by atoms with Crippen molar-refractivity contribution >= 4 is 34.7 Å². The van der Waals surface area contributed by atoms with Gasteiger partial charge < -0.3 is 39.4 Å². The van der Waals surface area contributed by atoms with Crippen molar-refractivity contribution in [2.24, 2.45) is 5.92 Å². The van der Waals surface area contributed by atoms with E-state index in [-0.39, 0.29) is 24.3 Å². The average molecular weight is 644 g/mol. The maximum absolute atomic E-state index is 13.8. The number of fused-ring (bicyclic) bond motifs is 1. The highest BCUT2D eigenvalue weighted by Crippen LogP contribution is 2.28. The molecular weight excluding hydrogens is 594 g/mol. The van der Waals surface area contributed by atoms with Gasteiger partial charge in [0.1, 0.15) is 12.1 Å². The Morgan fingerprint density at radius 3 is 2.26 bits per heavy atom. The fourth-order valence-corrected chi connectivity index (χ4v) is 6.35. The smallest absolute Gasteiger partial charge is 0.407 e. The van der Waals surface area contributed by atoms with Gasteiger partial charge in [-0.15, -0.1) is 0 Å². The third-order valence-electron chi connectivity index (χ3n) is 9.25. The van der Waals surface area contributed by atoms with Crippen LogP contribution in [0, 0.1) is 12.8 Å². The number of nitrogens with zero attached hydrogens (tertiary/aromatic N) is 4. The van der Waals surface area contributed by atoms with Gasteiger partial charge in [-0.2, -0.15) is 0 Å². The molecule has 254 valence electrons. The summed E-state index contributed by atoms with van der Waals surface area (Å²) in [4.78, 5) is 56.1. The number of aryl methyl sites for hydroxylation is 1. The molecule has 2 heterocycles. The van der Waals surface area contributed by atoms with Gasteiger partial charge in [-0.3, -0.25) is 19.3 Å². The lowest BCUT2D eigenvalue weighted by Crippen LogP contribution is -2.59. The second kappa shape index (κ2) is 16.8. The Hall–Kier alpha value is -3.68. The number of hydrogen-bond acceptors (Lipinski definition) is 7. The first-order valence-corrected chi connectivity index (χ1v) is 16.3.